The van der Waals surface area contributed by atoms with Crippen LogP contribution in [0.25, 0.3) is 32.4 Å². The number of rotatable bonds is 1. The van der Waals surface area contributed by atoms with E-state index in [1.165, 1.54) is 10.8 Å². The molecule has 0 saturated carbocycles. The SMILES string of the molecule is O=C(O)c1cc2ccccc2cn1.[Ir].[c-]1cccc2ccc3cccnc3c12. The zero-order valence-electron chi connectivity index (χ0n) is 14.7. The van der Waals surface area contributed by atoms with Crippen LogP contribution in [0.5, 0.6) is 0 Å². The van der Waals surface area contributed by atoms with Gasteiger partial charge in [-0.3, -0.25) is 0 Å². The third kappa shape index (κ3) is 4.06. The minimum atomic E-state index is -0.995. The van der Waals surface area contributed by atoms with Crippen molar-refractivity contribution in [2.45, 2.75) is 0 Å². The molecule has 0 atom stereocenters. The van der Waals surface area contributed by atoms with Gasteiger partial charge in [0, 0.05) is 37.9 Å². The molecule has 5 rings (SSSR count). The number of fused-ring (bicyclic) bond motifs is 4. The molecule has 0 bridgehead atoms. The Bertz CT molecular complexity index is 1220. The summed E-state index contributed by atoms with van der Waals surface area (Å²) in [6.07, 6.45) is 3.39. The molecule has 1 radical (unpaired) electrons. The third-order valence-electron chi connectivity index (χ3n) is 4.26. The standard InChI is InChI=1S/C13H8N.C10H7NO2.Ir/c1-2-6-12-10(4-1)7-8-11-5-3-9-14-13(11)12;12-10(13)9-5-7-3-1-2-4-8(7)6-11-9;/h1-5,7-9H;1-6H,(H,12,13);/q-1;;. The van der Waals surface area contributed by atoms with E-state index in [-0.39, 0.29) is 25.8 Å². The fraction of sp³-hybridized carbons (Fsp3) is 0. The van der Waals surface area contributed by atoms with E-state index in [0.29, 0.717) is 0 Å². The minimum Gasteiger partial charge on any atom is -0.477 e. The van der Waals surface area contributed by atoms with Crippen molar-refractivity contribution in [3.05, 3.63) is 97.0 Å². The molecular weight excluding hydrogens is 528 g/mol. The Hall–Kier alpha value is -3.14. The molecule has 139 valence electrons. The predicted molar refractivity (Wildman–Crippen MR) is 107 cm³/mol. The van der Waals surface area contributed by atoms with Gasteiger partial charge in [0.15, 0.2) is 0 Å². The summed E-state index contributed by atoms with van der Waals surface area (Å²) in [5.41, 5.74) is 1.12. The predicted octanol–water partition coefficient (Wildman–Crippen LogP) is 5.12. The van der Waals surface area contributed by atoms with Gasteiger partial charge in [-0.1, -0.05) is 42.5 Å². The van der Waals surface area contributed by atoms with Crippen LogP contribution in [0.15, 0.2) is 85.2 Å². The first-order valence-corrected chi connectivity index (χ1v) is 8.44. The Morgan fingerprint density at radius 2 is 1.54 bits per heavy atom. The van der Waals surface area contributed by atoms with Crippen LogP contribution in [0.3, 0.4) is 0 Å². The van der Waals surface area contributed by atoms with Gasteiger partial charge in [-0.15, -0.1) is 35.0 Å². The average molecular weight is 544 g/mol. The summed E-state index contributed by atoms with van der Waals surface area (Å²) in [6.45, 7) is 0. The Kier molecular flexibility index (Phi) is 6.09. The molecule has 0 amide bonds. The molecule has 1 N–H and O–H groups in total. The van der Waals surface area contributed by atoms with E-state index >= 15 is 0 Å². The molecule has 3 aromatic carbocycles. The van der Waals surface area contributed by atoms with Gasteiger partial charge in [-0.05, 0) is 28.4 Å². The smallest absolute Gasteiger partial charge is 0.354 e. The van der Waals surface area contributed by atoms with Crippen LogP contribution in [0, 0.1) is 6.07 Å². The second kappa shape index (κ2) is 8.70. The van der Waals surface area contributed by atoms with Crippen LogP contribution < -0.4 is 0 Å². The average Bonchev–Trinajstić information content (AvgIpc) is 2.74. The topological polar surface area (TPSA) is 63.1 Å². The largest absolute Gasteiger partial charge is 0.477 e. The second-order valence-corrected chi connectivity index (χ2v) is 6.00. The van der Waals surface area contributed by atoms with Gasteiger partial charge < -0.3 is 10.1 Å². The fourth-order valence-corrected chi connectivity index (χ4v) is 2.94. The van der Waals surface area contributed by atoms with E-state index in [4.69, 9.17) is 5.11 Å². The van der Waals surface area contributed by atoms with Crippen molar-refractivity contribution in [3.8, 4) is 0 Å². The van der Waals surface area contributed by atoms with Crippen molar-refractivity contribution in [1.29, 1.82) is 0 Å². The van der Waals surface area contributed by atoms with Crippen molar-refractivity contribution >= 4 is 38.4 Å². The zero-order chi connectivity index (χ0) is 18.6. The molecule has 0 unspecified atom stereocenters. The van der Waals surface area contributed by atoms with Gasteiger partial charge in [0.2, 0.25) is 0 Å². The summed E-state index contributed by atoms with van der Waals surface area (Å²) >= 11 is 0. The van der Waals surface area contributed by atoms with E-state index in [0.717, 1.165) is 21.7 Å². The van der Waals surface area contributed by atoms with E-state index in [1.807, 2.05) is 48.7 Å². The Labute approximate surface area is 175 Å². The molecule has 0 saturated heterocycles. The molecule has 28 heavy (non-hydrogen) atoms. The van der Waals surface area contributed by atoms with Crippen LogP contribution >= 0.6 is 0 Å². The molecule has 0 aliphatic carbocycles. The third-order valence-corrected chi connectivity index (χ3v) is 4.26. The quantitative estimate of drug-likeness (QED) is 0.236. The molecule has 0 aliphatic heterocycles. The number of hydrogen-bond donors (Lipinski definition) is 1. The van der Waals surface area contributed by atoms with E-state index < -0.39 is 5.97 Å². The van der Waals surface area contributed by atoms with E-state index in [2.05, 4.69) is 40.3 Å². The number of nitrogens with zero attached hydrogens (tertiary/aromatic N) is 2. The van der Waals surface area contributed by atoms with Crippen LogP contribution in [0.2, 0.25) is 0 Å². The number of hydrogen-bond acceptors (Lipinski definition) is 3. The molecular formula is C23H15IrN2O2-. The maximum atomic E-state index is 10.6. The van der Waals surface area contributed by atoms with Crippen molar-refractivity contribution in [2.75, 3.05) is 0 Å². The normalized spacial score (nSPS) is 10.1. The van der Waals surface area contributed by atoms with Crippen molar-refractivity contribution in [3.63, 3.8) is 0 Å². The summed E-state index contributed by atoms with van der Waals surface area (Å²) in [4.78, 5) is 18.8. The van der Waals surface area contributed by atoms with Gasteiger partial charge in [-0.25, -0.2) is 9.78 Å². The van der Waals surface area contributed by atoms with Crippen LogP contribution in [-0.2, 0) is 20.1 Å². The van der Waals surface area contributed by atoms with Gasteiger partial charge in [0.1, 0.15) is 5.69 Å². The molecule has 2 aromatic heterocycles. The fourth-order valence-electron chi connectivity index (χ4n) is 2.94. The molecule has 0 fully saturated rings. The van der Waals surface area contributed by atoms with Crippen LogP contribution in [0.1, 0.15) is 10.5 Å². The van der Waals surface area contributed by atoms with Gasteiger partial charge in [0.25, 0.3) is 0 Å². The monoisotopic (exact) mass is 544 g/mol. The van der Waals surface area contributed by atoms with E-state index in [9.17, 15) is 4.79 Å². The second-order valence-electron chi connectivity index (χ2n) is 6.00. The summed E-state index contributed by atoms with van der Waals surface area (Å²) < 4.78 is 0. The first kappa shape index (κ1) is 19.6. The maximum Gasteiger partial charge on any atom is 0.354 e. The number of aromatic nitrogens is 2. The van der Waals surface area contributed by atoms with Crippen LogP contribution in [-0.4, -0.2) is 21.0 Å². The molecule has 5 heteroatoms. The summed E-state index contributed by atoms with van der Waals surface area (Å²) in [5, 5.41) is 14.0. The first-order chi connectivity index (χ1) is 13.2. The van der Waals surface area contributed by atoms with Crippen molar-refractivity contribution in [2.24, 2.45) is 0 Å². The number of carboxylic acid groups (broad SMARTS) is 1. The van der Waals surface area contributed by atoms with Crippen molar-refractivity contribution < 1.29 is 30.0 Å². The van der Waals surface area contributed by atoms with Gasteiger partial charge in [0.05, 0.1) is 0 Å². The summed E-state index contributed by atoms with van der Waals surface area (Å²) in [6, 6.07) is 26.6. The van der Waals surface area contributed by atoms with E-state index in [1.54, 1.807) is 12.3 Å². The summed E-state index contributed by atoms with van der Waals surface area (Å²) in [5.74, 6) is -0.995. The molecule has 0 spiro atoms. The number of benzene rings is 3. The molecule has 5 aromatic rings. The van der Waals surface area contributed by atoms with Gasteiger partial charge in [-0.2, -0.15) is 0 Å². The number of aromatic carboxylic acids is 1. The maximum absolute atomic E-state index is 10.6. The molecule has 4 nitrogen and oxygen atoms in total. The minimum absolute atomic E-state index is 0. The number of carboxylic acids is 1. The first-order valence-electron chi connectivity index (χ1n) is 8.44. The Morgan fingerprint density at radius 1 is 0.821 bits per heavy atom. The van der Waals surface area contributed by atoms with Gasteiger partial charge >= 0.3 is 5.97 Å². The Morgan fingerprint density at radius 3 is 2.36 bits per heavy atom. The summed E-state index contributed by atoms with van der Waals surface area (Å²) in [7, 11) is 0. The zero-order valence-corrected chi connectivity index (χ0v) is 17.1. The van der Waals surface area contributed by atoms with Crippen LogP contribution in [0.4, 0.5) is 0 Å². The Balaban J connectivity index is 0.000000156. The molecule has 2 heterocycles. The molecule has 0 aliphatic rings. The number of carbonyl (C=O) groups is 1. The van der Waals surface area contributed by atoms with Crippen molar-refractivity contribution in [1.82, 2.24) is 9.97 Å². The number of pyridine rings is 2.